The smallest absolute Gasteiger partial charge is 0.323 e. The minimum Gasteiger partial charge on any atom is -0.381 e. The van der Waals surface area contributed by atoms with Gasteiger partial charge in [0.25, 0.3) is 0 Å². The van der Waals surface area contributed by atoms with Crippen molar-refractivity contribution in [2.45, 2.75) is 25.8 Å². The van der Waals surface area contributed by atoms with Crippen LogP contribution in [0.2, 0.25) is 0 Å². The molecule has 0 aliphatic heterocycles. The SMILES string of the molecule is CN(C)CC1CCc2cc(NC(=O)Nc3ccc(NCc4ccccc4)cc3)ccc2C1. The second-order valence-corrected chi connectivity index (χ2v) is 8.85. The third-order valence-electron chi connectivity index (χ3n) is 5.90. The molecule has 0 bridgehead atoms. The molecule has 3 aromatic rings. The van der Waals surface area contributed by atoms with E-state index in [1.165, 1.54) is 23.1 Å². The van der Waals surface area contributed by atoms with E-state index >= 15 is 0 Å². The van der Waals surface area contributed by atoms with Crippen molar-refractivity contribution < 1.29 is 4.79 Å². The topological polar surface area (TPSA) is 56.4 Å². The van der Waals surface area contributed by atoms with Gasteiger partial charge in [-0.25, -0.2) is 4.79 Å². The summed E-state index contributed by atoms with van der Waals surface area (Å²) >= 11 is 0. The maximum absolute atomic E-state index is 12.5. The lowest BCUT2D eigenvalue weighted by atomic mass is 9.83. The van der Waals surface area contributed by atoms with E-state index in [0.29, 0.717) is 5.92 Å². The number of hydrogen-bond donors (Lipinski definition) is 3. The molecule has 0 saturated carbocycles. The number of carbonyl (C=O) groups excluding carboxylic acids is 1. The van der Waals surface area contributed by atoms with Gasteiger partial charge in [-0.15, -0.1) is 0 Å². The summed E-state index contributed by atoms with van der Waals surface area (Å²) in [6.07, 6.45) is 3.39. The van der Waals surface area contributed by atoms with E-state index in [9.17, 15) is 4.79 Å². The van der Waals surface area contributed by atoms with Crippen molar-refractivity contribution in [1.29, 1.82) is 0 Å². The number of benzene rings is 3. The molecule has 1 unspecified atom stereocenters. The number of nitrogens with one attached hydrogen (secondary N) is 3. The molecule has 1 aliphatic rings. The van der Waals surface area contributed by atoms with Crippen molar-refractivity contribution in [3.8, 4) is 0 Å². The Morgan fingerprint density at radius 3 is 2.31 bits per heavy atom. The largest absolute Gasteiger partial charge is 0.381 e. The zero-order valence-corrected chi connectivity index (χ0v) is 18.9. The van der Waals surface area contributed by atoms with Crippen LogP contribution in [0.3, 0.4) is 0 Å². The number of anilines is 3. The minimum absolute atomic E-state index is 0.226. The van der Waals surface area contributed by atoms with Gasteiger partial charge in [0.2, 0.25) is 0 Å². The van der Waals surface area contributed by atoms with Crippen molar-refractivity contribution in [3.63, 3.8) is 0 Å². The van der Waals surface area contributed by atoms with E-state index in [0.717, 1.165) is 43.0 Å². The van der Waals surface area contributed by atoms with E-state index in [1.807, 2.05) is 48.5 Å². The molecule has 2 amide bonds. The summed E-state index contributed by atoms with van der Waals surface area (Å²) in [4.78, 5) is 14.7. The Labute approximate surface area is 190 Å². The van der Waals surface area contributed by atoms with E-state index in [4.69, 9.17) is 0 Å². The first kappa shape index (κ1) is 21.9. The van der Waals surface area contributed by atoms with E-state index in [2.05, 4.69) is 59.2 Å². The molecule has 0 spiro atoms. The highest BCUT2D eigenvalue weighted by Crippen LogP contribution is 2.28. The second-order valence-electron chi connectivity index (χ2n) is 8.85. The van der Waals surface area contributed by atoms with Crippen LogP contribution in [0, 0.1) is 5.92 Å². The fourth-order valence-corrected chi connectivity index (χ4v) is 4.35. The van der Waals surface area contributed by atoms with Crippen molar-refractivity contribution in [2.24, 2.45) is 5.92 Å². The van der Waals surface area contributed by atoms with Crippen LogP contribution in [0.25, 0.3) is 0 Å². The molecule has 0 heterocycles. The van der Waals surface area contributed by atoms with E-state index in [1.54, 1.807) is 0 Å². The number of nitrogens with zero attached hydrogens (tertiary/aromatic N) is 1. The number of amides is 2. The lowest BCUT2D eigenvalue weighted by Gasteiger charge is -2.27. The van der Waals surface area contributed by atoms with Crippen LogP contribution in [0.5, 0.6) is 0 Å². The molecule has 0 fully saturated rings. The van der Waals surface area contributed by atoms with Crippen LogP contribution in [0.1, 0.15) is 23.1 Å². The molecule has 1 atom stereocenters. The summed E-state index contributed by atoms with van der Waals surface area (Å²) in [6.45, 7) is 1.89. The fraction of sp³-hybridized carbons (Fsp3) is 0.296. The highest BCUT2D eigenvalue weighted by molar-refractivity contribution is 5.99. The van der Waals surface area contributed by atoms with E-state index < -0.39 is 0 Å². The van der Waals surface area contributed by atoms with Crippen LogP contribution in [-0.4, -0.2) is 31.6 Å². The average molecular weight is 429 g/mol. The predicted molar refractivity (Wildman–Crippen MR) is 133 cm³/mol. The second kappa shape index (κ2) is 10.3. The van der Waals surface area contributed by atoms with Gasteiger partial charge in [0.05, 0.1) is 0 Å². The Kier molecular flexibility index (Phi) is 7.07. The van der Waals surface area contributed by atoms with Gasteiger partial charge >= 0.3 is 6.03 Å². The molecule has 3 aromatic carbocycles. The highest BCUT2D eigenvalue weighted by atomic mass is 16.2. The lowest BCUT2D eigenvalue weighted by Crippen LogP contribution is -2.26. The highest BCUT2D eigenvalue weighted by Gasteiger charge is 2.19. The Bertz CT molecular complexity index is 1030. The molecule has 5 nitrogen and oxygen atoms in total. The molecular formula is C27H32N4O. The molecular weight excluding hydrogens is 396 g/mol. The number of aryl methyl sites for hydroxylation is 1. The third kappa shape index (κ3) is 6.11. The standard InChI is InChI=1S/C27H32N4O/c1-31(2)19-21-8-9-23-17-26(11-10-22(23)16-21)30-27(32)29-25-14-12-24(13-15-25)28-18-20-6-4-3-5-7-20/h3-7,10-15,17,21,28H,8-9,16,18-19H2,1-2H3,(H2,29,30,32). The first-order valence-electron chi connectivity index (χ1n) is 11.3. The summed E-state index contributed by atoms with van der Waals surface area (Å²) < 4.78 is 0. The molecule has 0 saturated heterocycles. The maximum Gasteiger partial charge on any atom is 0.323 e. The zero-order chi connectivity index (χ0) is 22.3. The quantitative estimate of drug-likeness (QED) is 0.458. The van der Waals surface area contributed by atoms with Crippen LogP contribution < -0.4 is 16.0 Å². The number of rotatable bonds is 7. The van der Waals surface area contributed by atoms with Crippen molar-refractivity contribution >= 4 is 23.1 Å². The summed E-state index contributed by atoms with van der Waals surface area (Å²) in [6, 6.07) is 24.1. The summed E-state index contributed by atoms with van der Waals surface area (Å²) in [7, 11) is 4.27. The Balaban J connectivity index is 1.28. The summed E-state index contributed by atoms with van der Waals surface area (Å²) in [5.74, 6) is 0.713. The first-order valence-corrected chi connectivity index (χ1v) is 11.3. The van der Waals surface area contributed by atoms with Gasteiger partial charge in [-0.1, -0.05) is 36.4 Å². The molecule has 3 N–H and O–H groups in total. The monoisotopic (exact) mass is 428 g/mol. The normalized spacial score (nSPS) is 15.2. The van der Waals surface area contributed by atoms with Crippen LogP contribution in [0.15, 0.2) is 72.8 Å². The van der Waals surface area contributed by atoms with Crippen LogP contribution in [-0.2, 0) is 19.4 Å². The van der Waals surface area contributed by atoms with Crippen LogP contribution in [0.4, 0.5) is 21.9 Å². The molecule has 5 heteroatoms. The molecule has 0 aromatic heterocycles. The number of fused-ring (bicyclic) bond motifs is 1. The number of urea groups is 1. The summed E-state index contributed by atoms with van der Waals surface area (Å²) in [5, 5.41) is 9.28. The van der Waals surface area contributed by atoms with Gasteiger partial charge < -0.3 is 20.9 Å². The lowest BCUT2D eigenvalue weighted by molar-refractivity contribution is 0.262. The van der Waals surface area contributed by atoms with E-state index in [-0.39, 0.29) is 6.03 Å². The maximum atomic E-state index is 12.5. The van der Waals surface area contributed by atoms with Gasteiger partial charge in [-0.2, -0.15) is 0 Å². The minimum atomic E-state index is -0.226. The molecule has 1 aliphatic carbocycles. The first-order chi connectivity index (χ1) is 15.5. The molecule has 32 heavy (non-hydrogen) atoms. The van der Waals surface area contributed by atoms with Crippen molar-refractivity contribution in [1.82, 2.24) is 4.90 Å². The molecule has 166 valence electrons. The number of carbonyl (C=O) groups is 1. The molecule has 4 rings (SSSR count). The van der Waals surface area contributed by atoms with Gasteiger partial charge in [0.15, 0.2) is 0 Å². The molecule has 0 radical (unpaired) electrons. The Morgan fingerprint density at radius 2 is 1.56 bits per heavy atom. The third-order valence-corrected chi connectivity index (χ3v) is 5.90. The van der Waals surface area contributed by atoms with Gasteiger partial charge in [-0.3, -0.25) is 0 Å². The predicted octanol–water partition coefficient (Wildman–Crippen LogP) is 5.61. The zero-order valence-electron chi connectivity index (χ0n) is 18.9. The van der Waals surface area contributed by atoms with Crippen LogP contribution >= 0.6 is 0 Å². The fourth-order valence-electron chi connectivity index (χ4n) is 4.35. The number of hydrogen-bond acceptors (Lipinski definition) is 3. The van der Waals surface area contributed by atoms with Gasteiger partial charge in [0.1, 0.15) is 0 Å². The van der Waals surface area contributed by atoms with Crippen molar-refractivity contribution in [2.75, 3.05) is 36.6 Å². The average Bonchev–Trinajstić information content (AvgIpc) is 2.79. The van der Waals surface area contributed by atoms with Gasteiger partial charge in [-0.05, 0) is 92.4 Å². The Hall–Kier alpha value is -3.31. The van der Waals surface area contributed by atoms with Crippen molar-refractivity contribution in [3.05, 3.63) is 89.5 Å². The summed E-state index contributed by atoms with van der Waals surface area (Å²) in [5.41, 5.74) is 6.61. The Morgan fingerprint density at radius 1 is 0.875 bits per heavy atom. The van der Waals surface area contributed by atoms with Gasteiger partial charge in [0, 0.05) is 30.2 Å².